The van der Waals surface area contributed by atoms with Crippen molar-refractivity contribution in [3.05, 3.63) is 160 Å². The van der Waals surface area contributed by atoms with E-state index in [9.17, 15) is 33.9 Å². The summed E-state index contributed by atoms with van der Waals surface area (Å²) >= 11 is 1.42. The second-order valence-electron chi connectivity index (χ2n) is 15.7. The molecule has 5 amide bonds. The summed E-state index contributed by atoms with van der Waals surface area (Å²) in [4.78, 5) is 85.6. The zero-order chi connectivity index (χ0) is 44.3. The number of benzene rings is 4. The number of aryl methyl sites for hydroxylation is 1. The Balaban J connectivity index is 1.24. The number of nitrogens with one attached hydrogen (secondary N) is 4. The van der Waals surface area contributed by atoms with E-state index < -0.39 is 72.3 Å². The first-order valence-corrected chi connectivity index (χ1v) is 21.7. The first kappa shape index (κ1) is 44.0. The molecule has 0 spiro atoms. The average molecular weight is 868 g/mol. The summed E-state index contributed by atoms with van der Waals surface area (Å²) in [5.74, 6) is -4.01. The molecule has 3 aliphatic rings. The molecule has 324 valence electrons. The molecule has 2 bridgehead atoms. The van der Waals surface area contributed by atoms with E-state index in [1.807, 2.05) is 102 Å². The van der Waals surface area contributed by atoms with Crippen LogP contribution in [-0.2, 0) is 54.5 Å². The molecule has 5 N–H and O–H groups in total. The molecule has 8 rings (SSSR count). The number of thiophene rings is 1. The number of hydrogen-bond acceptors (Lipinski definition) is 8. The van der Waals surface area contributed by atoms with E-state index in [4.69, 9.17) is 4.74 Å². The van der Waals surface area contributed by atoms with Crippen molar-refractivity contribution >= 4 is 46.8 Å². The van der Waals surface area contributed by atoms with Gasteiger partial charge in [-0.15, -0.1) is 11.3 Å². The van der Waals surface area contributed by atoms with Crippen LogP contribution in [0.1, 0.15) is 34.4 Å². The predicted molar refractivity (Wildman–Crippen MR) is 239 cm³/mol. The highest BCUT2D eigenvalue weighted by Crippen LogP contribution is 2.25. The Bertz CT molecular complexity index is 2410. The van der Waals surface area contributed by atoms with Gasteiger partial charge in [0.2, 0.25) is 23.6 Å². The van der Waals surface area contributed by atoms with Crippen molar-refractivity contribution in [1.29, 1.82) is 0 Å². The van der Waals surface area contributed by atoms with E-state index >= 15 is 0 Å². The first-order chi connectivity index (χ1) is 30.5. The van der Waals surface area contributed by atoms with Gasteiger partial charge in [-0.1, -0.05) is 110 Å². The zero-order valence-electron chi connectivity index (χ0n) is 34.5. The number of carbonyl (C=O) groups is 6. The van der Waals surface area contributed by atoms with Gasteiger partial charge in [0.15, 0.2) is 12.6 Å². The van der Waals surface area contributed by atoms with Crippen molar-refractivity contribution < 1.29 is 38.6 Å². The van der Waals surface area contributed by atoms with E-state index in [2.05, 4.69) is 27.8 Å². The van der Waals surface area contributed by atoms with Crippen LogP contribution in [0.15, 0.2) is 139 Å². The summed E-state index contributed by atoms with van der Waals surface area (Å²) in [5.41, 5.74) is 4.58. The fourth-order valence-electron chi connectivity index (χ4n) is 7.83. The van der Waals surface area contributed by atoms with E-state index in [1.165, 1.54) is 16.2 Å². The lowest BCUT2D eigenvalue weighted by Gasteiger charge is -2.29. The molecule has 13 nitrogen and oxygen atoms in total. The monoisotopic (exact) mass is 867 g/mol. The molecule has 5 atom stereocenters. The number of aliphatic carboxylic acids is 1. The fourth-order valence-corrected chi connectivity index (χ4v) is 8.58. The third-order valence-corrected chi connectivity index (χ3v) is 12.1. The standard InChI is InChI=1S/C49H49N5O8S/c1-31-24-25-54(44(31)49(60)61)48(59)42-28-34-16-21-37(22-17-34)62-30-43(55)50-41(29-38-13-8-26-63-38)47(58)52-40(27-33-14-19-36(20-15-33)35-11-6-3-7-12-35)46(57)51-39(45(56)53-42)23-18-32-9-4-2-5-10-32/h2-17,19-22,26,39-42,44H,1,18,23-25,27-30H2,(H,50,55)(H,51,57)(H,52,58)(H,53,56)(H,60,61). The van der Waals surface area contributed by atoms with Crippen molar-refractivity contribution in [3.8, 4) is 16.9 Å². The van der Waals surface area contributed by atoms with Crippen LogP contribution in [0, 0.1) is 0 Å². The second-order valence-corrected chi connectivity index (χ2v) is 16.7. The van der Waals surface area contributed by atoms with Gasteiger partial charge in [0.05, 0.1) is 0 Å². The smallest absolute Gasteiger partial charge is 0.330 e. The fraction of sp³-hybridized carbons (Fsp3) is 0.265. The Morgan fingerprint density at radius 3 is 2.00 bits per heavy atom. The number of amides is 5. The maximum Gasteiger partial charge on any atom is 0.330 e. The summed E-state index contributed by atoms with van der Waals surface area (Å²) in [6.07, 6.45) is 0.939. The van der Waals surface area contributed by atoms with Gasteiger partial charge >= 0.3 is 5.97 Å². The summed E-state index contributed by atoms with van der Waals surface area (Å²) in [6.45, 7) is 3.56. The van der Waals surface area contributed by atoms with Gasteiger partial charge in [0.25, 0.3) is 5.91 Å². The molecule has 0 saturated carbocycles. The molecule has 5 unspecified atom stereocenters. The summed E-state index contributed by atoms with van der Waals surface area (Å²) < 4.78 is 5.79. The Hall–Kier alpha value is -7.06. The van der Waals surface area contributed by atoms with Gasteiger partial charge in [-0.3, -0.25) is 24.0 Å². The predicted octanol–water partition coefficient (Wildman–Crippen LogP) is 4.65. The number of carboxylic acids is 1. The van der Waals surface area contributed by atoms with Crippen molar-refractivity contribution in [2.24, 2.45) is 0 Å². The van der Waals surface area contributed by atoms with Gasteiger partial charge in [-0.05, 0) is 76.2 Å². The third-order valence-electron chi connectivity index (χ3n) is 11.2. The molecule has 14 heteroatoms. The number of carboxylic acid groups (broad SMARTS) is 1. The maximum atomic E-state index is 14.6. The lowest BCUT2D eigenvalue weighted by molar-refractivity contribution is -0.148. The Labute approximate surface area is 369 Å². The second kappa shape index (κ2) is 20.7. The number of carbonyl (C=O) groups excluding carboxylic acids is 5. The minimum absolute atomic E-state index is 0.0257. The molecular formula is C49H49N5O8S. The highest BCUT2D eigenvalue weighted by molar-refractivity contribution is 7.09. The van der Waals surface area contributed by atoms with Crippen molar-refractivity contribution in [2.45, 2.75) is 68.7 Å². The Kier molecular flexibility index (Phi) is 14.4. The molecule has 0 radical (unpaired) electrons. The molecule has 1 aromatic heterocycles. The first-order valence-electron chi connectivity index (χ1n) is 20.8. The van der Waals surface area contributed by atoms with Gasteiger partial charge in [-0.25, -0.2) is 4.79 Å². The van der Waals surface area contributed by atoms with Gasteiger partial charge in [0, 0.05) is 30.7 Å². The number of rotatable bonds is 10. The van der Waals surface area contributed by atoms with Crippen LogP contribution in [0.3, 0.4) is 0 Å². The normalized spacial score (nSPS) is 21.2. The van der Waals surface area contributed by atoms with Gasteiger partial charge in [-0.2, -0.15) is 0 Å². The third kappa shape index (κ3) is 11.7. The largest absolute Gasteiger partial charge is 0.484 e. The highest BCUT2D eigenvalue weighted by atomic mass is 32.1. The van der Waals surface area contributed by atoms with Crippen molar-refractivity contribution in [3.63, 3.8) is 0 Å². The summed E-state index contributed by atoms with van der Waals surface area (Å²) in [7, 11) is 0. The van der Waals surface area contributed by atoms with Gasteiger partial charge in [0.1, 0.15) is 29.9 Å². The van der Waals surface area contributed by atoms with Gasteiger partial charge < -0.3 is 36.0 Å². The lowest BCUT2D eigenvalue weighted by Crippen LogP contribution is -2.59. The topological polar surface area (TPSA) is 183 Å². The lowest BCUT2D eigenvalue weighted by atomic mass is 9.99. The SMILES string of the molecule is C=C1CCN(C(=O)C2Cc3ccc(cc3)OCC(=O)NC(Cc3cccs3)C(=O)NC(Cc3ccc(-c4ccccc4)cc3)C(=O)NC(CCc3ccccc3)C(=O)N2)C1C(=O)O. The van der Waals surface area contributed by atoms with Crippen LogP contribution >= 0.6 is 11.3 Å². The van der Waals surface area contributed by atoms with Crippen molar-refractivity contribution in [1.82, 2.24) is 26.2 Å². The average Bonchev–Trinajstić information content (AvgIpc) is 3.96. The minimum atomic E-state index is -1.27. The molecule has 0 aliphatic carbocycles. The molecule has 1 fully saturated rings. The Morgan fingerprint density at radius 1 is 0.698 bits per heavy atom. The van der Waals surface area contributed by atoms with Crippen LogP contribution in [-0.4, -0.2) is 88.9 Å². The van der Waals surface area contributed by atoms with E-state index in [0.29, 0.717) is 23.3 Å². The van der Waals surface area contributed by atoms with E-state index in [0.717, 1.165) is 27.1 Å². The number of hydrogen-bond donors (Lipinski definition) is 5. The molecule has 3 aliphatic heterocycles. The van der Waals surface area contributed by atoms with Crippen LogP contribution in [0.4, 0.5) is 0 Å². The van der Waals surface area contributed by atoms with E-state index in [1.54, 1.807) is 24.3 Å². The highest BCUT2D eigenvalue weighted by Gasteiger charge is 2.41. The molecular weight excluding hydrogens is 819 g/mol. The number of nitrogens with zero attached hydrogens (tertiary/aromatic N) is 1. The molecule has 5 aromatic rings. The molecule has 4 heterocycles. The molecule has 1 saturated heterocycles. The number of fused-ring (bicyclic) bond motifs is 16. The number of likely N-dealkylation sites (tertiary alicyclic amines) is 1. The van der Waals surface area contributed by atoms with Crippen LogP contribution in [0.5, 0.6) is 5.75 Å². The maximum absolute atomic E-state index is 14.6. The quantitative estimate of drug-likeness (QED) is 0.0994. The zero-order valence-corrected chi connectivity index (χ0v) is 35.4. The van der Waals surface area contributed by atoms with Crippen LogP contribution < -0.4 is 26.0 Å². The van der Waals surface area contributed by atoms with E-state index in [-0.39, 0.29) is 38.6 Å². The van der Waals surface area contributed by atoms with Crippen LogP contribution in [0.25, 0.3) is 11.1 Å². The number of ether oxygens (including phenoxy) is 1. The molecule has 4 aromatic carbocycles. The van der Waals surface area contributed by atoms with Crippen LogP contribution in [0.2, 0.25) is 0 Å². The van der Waals surface area contributed by atoms with Crippen molar-refractivity contribution in [2.75, 3.05) is 13.2 Å². The molecule has 63 heavy (non-hydrogen) atoms. The Morgan fingerprint density at radius 2 is 1.33 bits per heavy atom. The minimum Gasteiger partial charge on any atom is -0.484 e. The summed E-state index contributed by atoms with van der Waals surface area (Å²) in [5, 5.41) is 23.4. The summed E-state index contributed by atoms with van der Waals surface area (Å²) in [6, 6.07) is 31.1.